The number of anilines is 3. The fourth-order valence-electron chi connectivity index (χ4n) is 3.75. The summed E-state index contributed by atoms with van der Waals surface area (Å²) in [4.78, 5) is 30.2. The lowest BCUT2D eigenvalue weighted by Gasteiger charge is -2.30. The van der Waals surface area contributed by atoms with Crippen LogP contribution < -0.4 is 20.0 Å². The summed E-state index contributed by atoms with van der Waals surface area (Å²) in [5.74, 6) is 1.49. The molecule has 1 aromatic heterocycles. The number of carbonyl (C=O) groups is 1. The molecule has 2 aromatic carbocycles. The number of carbonyl (C=O) groups excluding carboxylic acids is 1. The molecule has 0 spiro atoms. The summed E-state index contributed by atoms with van der Waals surface area (Å²) in [5, 5.41) is 4.85. The Kier molecular flexibility index (Phi) is 8.04. The third-order valence-electron chi connectivity index (χ3n) is 5.75. The summed E-state index contributed by atoms with van der Waals surface area (Å²) in [5.41, 5.74) is 4.14. The van der Waals surface area contributed by atoms with Gasteiger partial charge in [0.1, 0.15) is 5.75 Å². The van der Waals surface area contributed by atoms with Crippen LogP contribution in [0.1, 0.15) is 15.9 Å². The zero-order valence-corrected chi connectivity index (χ0v) is 20.8. The van der Waals surface area contributed by atoms with Crippen molar-refractivity contribution >= 4 is 41.6 Å². The lowest BCUT2D eigenvalue weighted by molar-refractivity contribution is 0.0734. The number of morpholine rings is 2. The second-order valence-electron chi connectivity index (χ2n) is 8.29. The molecular formula is C25H26ClN7O4. The van der Waals surface area contributed by atoms with E-state index in [9.17, 15) is 4.79 Å². The Morgan fingerprint density at radius 1 is 0.865 bits per heavy atom. The van der Waals surface area contributed by atoms with Gasteiger partial charge in [0, 0.05) is 31.2 Å². The van der Waals surface area contributed by atoms with E-state index in [0.717, 1.165) is 5.56 Å². The van der Waals surface area contributed by atoms with Crippen LogP contribution in [-0.2, 0) is 9.47 Å². The molecule has 192 valence electrons. The Morgan fingerprint density at radius 3 is 2.00 bits per heavy atom. The number of aromatic nitrogens is 3. The molecule has 3 aromatic rings. The first kappa shape index (κ1) is 24.9. The van der Waals surface area contributed by atoms with Crippen LogP contribution in [0, 0.1) is 0 Å². The Morgan fingerprint density at radius 2 is 1.43 bits per heavy atom. The van der Waals surface area contributed by atoms with Gasteiger partial charge in [-0.25, -0.2) is 10.2 Å². The normalized spacial score (nSPS) is 16.1. The lowest BCUT2D eigenvalue weighted by atomic mass is 10.2. The quantitative estimate of drug-likeness (QED) is 0.214. The summed E-state index contributed by atoms with van der Waals surface area (Å²) in [6.45, 7) is 5.37. The third-order valence-corrected chi connectivity index (χ3v) is 6.00. The molecule has 2 aliphatic heterocycles. The zero-order chi connectivity index (χ0) is 25.5. The Bertz CT molecular complexity index is 1190. The number of hydrogen-bond donors (Lipinski definition) is 1. The molecule has 12 heteroatoms. The summed E-state index contributed by atoms with van der Waals surface area (Å²) < 4.78 is 16.3. The zero-order valence-electron chi connectivity index (χ0n) is 20.0. The van der Waals surface area contributed by atoms with Crippen molar-refractivity contribution < 1.29 is 19.0 Å². The van der Waals surface area contributed by atoms with Crippen molar-refractivity contribution in [2.24, 2.45) is 5.10 Å². The fourth-order valence-corrected chi connectivity index (χ4v) is 3.88. The molecule has 0 unspecified atom stereocenters. The molecule has 2 saturated heterocycles. The van der Waals surface area contributed by atoms with E-state index in [1.54, 1.807) is 54.7 Å². The minimum atomic E-state index is -0.457. The van der Waals surface area contributed by atoms with Crippen LogP contribution in [0.5, 0.6) is 5.75 Å². The smallest absolute Gasteiger partial charge is 0.343 e. The Hall–Kier alpha value is -3.80. The van der Waals surface area contributed by atoms with E-state index in [2.05, 4.69) is 35.3 Å². The first-order valence-corrected chi connectivity index (χ1v) is 12.3. The van der Waals surface area contributed by atoms with Crippen LogP contribution in [0.4, 0.5) is 17.8 Å². The largest absolute Gasteiger partial charge is 0.423 e. The highest BCUT2D eigenvalue weighted by atomic mass is 35.5. The summed E-state index contributed by atoms with van der Waals surface area (Å²) >= 11 is 5.87. The second kappa shape index (κ2) is 12.0. The van der Waals surface area contributed by atoms with E-state index in [4.69, 9.17) is 25.8 Å². The predicted molar refractivity (Wildman–Crippen MR) is 140 cm³/mol. The summed E-state index contributed by atoms with van der Waals surface area (Å²) in [7, 11) is 0. The first-order chi connectivity index (χ1) is 18.1. The van der Waals surface area contributed by atoms with Gasteiger partial charge in [-0.3, -0.25) is 0 Å². The van der Waals surface area contributed by atoms with E-state index in [0.29, 0.717) is 86.8 Å². The topological polar surface area (TPSA) is 114 Å². The Balaban J connectivity index is 1.24. The van der Waals surface area contributed by atoms with Gasteiger partial charge in [0.25, 0.3) is 0 Å². The van der Waals surface area contributed by atoms with Crippen LogP contribution in [0.2, 0.25) is 5.02 Å². The monoisotopic (exact) mass is 523 g/mol. The van der Waals surface area contributed by atoms with Crippen molar-refractivity contribution in [3.8, 4) is 5.75 Å². The molecule has 5 rings (SSSR count). The van der Waals surface area contributed by atoms with Crippen molar-refractivity contribution in [1.29, 1.82) is 0 Å². The van der Waals surface area contributed by atoms with Gasteiger partial charge in [0.05, 0.1) is 38.2 Å². The van der Waals surface area contributed by atoms with Crippen molar-refractivity contribution in [2.75, 3.05) is 67.8 Å². The van der Waals surface area contributed by atoms with E-state index < -0.39 is 5.97 Å². The minimum absolute atomic E-state index is 0.350. The number of rotatable bonds is 7. The highest BCUT2D eigenvalue weighted by Crippen LogP contribution is 2.19. The van der Waals surface area contributed by atoms with Crippen molar-refractivity contribution in [3.63, 3.8) is 0 Å². The molecule has 2 fully saturated rings. The summed E-state index contributed by atoms with van der Waals surface area (Å²) in [6, 6.07) is 13.5. The molecular weight excluding hydrogens is 498 g/mol. The van der Waals surface area contributed by atoms with Gasteiger partial charge in [0.15, 0.2) is 0 Å². The van der Waals surface area contributed by atoms with Crippen LogP contribution in [0.25, 0.3) is 0 Å². The molecule has 0 atom stereocenters. The number of esters is 1. The number of halogens is 1. The molecule has 11 nitrogen and oxygen atoms in total. The number of hydrazone groups is 1. The number of ether oxygens (including phenoxy) is 3. The van der Waals surface area contributed by atoms with Gasteiger partial charge in [0.2, 0.25) is 17.8 Å². The van der Waals surface area contributed by atoms with Crippen LogP contribution in [-0.4, -0.2) is 79.7 Å². The highest BCUT2D eigenvalue weighted by molar-refractivity contribution is 6.30. The van der Waals surface area contributed by atoms with Crippen LogP contribution in [0.3, 0.4) is 0 Å². The van der Waals surface area contributed by atoms with Crippen molar-refractivity contribution in [2.45, 2.75) is 0 Å². The fraction of sp³-hybridized carbons (Fsp3) is 0.320. The van der Waals surface area contributed by atoms with Crippen LogP contribution in [0.15, 0.2) is 53.6 Å². The van der Waals surface area contributed by atoms with E-state index in [1.165, 1.54) is 0 Å². The number of nitrogens with zero attached hydrogens (tertiary/aromatic N) is 6. The molecule has 0 bridgehead atoms. The molecule has 0 amide bonds. The predicted octanol–water partition coefficient (Wildman–Crippen LogP) is 2.86. The standard InChI is InChI=1S/C25H26ClN7O4/c26-20-5-3-19(4-6-20)22(34)37-21-7-1-18(2-8-21)17-27-31-23-28-24(32-9-13-35-14-10-32)30-25(29-23)33-11-15-36-16-12-33/h1-8,17H,9-16H2,(H,28,29,30,31). The molecule has 3 heterocycles. The van der Waals surface area contributed by atoms with Gasteiger partial charge in [-0.2, -0.15) is 20.1 Å². The van der Waals surface area contributed by atoms with Crippen LogP contribution >= 0.6 is 11.6 Å². The average molecular weight is 524 g/mol. The van der Waals surface area contributed by atoms with E-state index >= 15 is 0 Å². The Labute approximate surface area is 219 Å². The van der Waals surface area contributed by atoms with Gasteiger partial charge < -0.3 is 24.0 Å². The van der Waals surface area contributed by atoms with Gasteiger partial charge in [-0.15, -0.1) is 0 Å². The van der Waals surface area contributed by atoms with Gasteiger partial charge in [-0.05, 0) is 54.1 Å². The second-order valence-corrected chi connectivity index (χ2v) is 8.73. The molecule has 0 aliphatic carbocycles. The van der Waals surface area contributed by atoms with Crippen molar-refractivity contribution in [1.82, 2.24) is 15.0 Å². The maximum Gasteiger partial charge on any atom is 0.343 e. The summed E-state index contributed by atoms with van der Waals surface area (Å²) in [6.07, 6.45) is 1.64. The molecule has 0 saturated carbocycles. The third kappa shape index (κ3) is 6.70. The maximum absolute atomic E-state index is 12.3. The van der Waals surface area contributed by atoms with E-state index in [1.807, 2.05) is 0 Å². The molecule has 1 N–H and O–H groups in total. The SMILES string of the molecule is O=C(Oc1ccc(C=NNc2nc(N3CCOCC3)nc(N3CCOCC3)n2)cc1)c1ccc(Cl)cc1. The van der Waals surface area contributed by atoms with Crippen molar-refractivity contribution in [3.05, 3.63) is 64.7 Å². The maximum atomic E-state index is 12.3. The molecule has 2 aliphatic rings. The first-order valence-electron chi connectivity index (χ1n) is 11.9. The average Bonchev–Trinajstić information content (AvgIpc) is 2.95. The number of benzene rings is 2. The highest BCUT2D eigenvalue weighted by Gasteiger charge is 2.20. The molecule has 0 radical (unpaired) electrons. The number of nitrogens with one attached hydrogen (secondary N) is 1. The van der Waals surface area contributed by atoms with Gasteiger partial charge >= 0.3 is 5.97 Å². The lowest BCUT2D eigenvalue weighted by Crippen LogP contribution is -2.40. The molecule has 37 heavy (non-hydrogen) atoms. The van der Waals surface area contributed by atoms with Gasteiger partial charge in [-0.1, -0.05) is 11.6 Å². The van der Waals surface area contributed by atoms with E-state index in [-0.39, 0.29) is 0 Å². The minimum Gasteiger partial charge on any atom is -0.423 e. The number of hydrogen-bond acceptors (Lipinski definition) is 11.